The predicted octanol–water partition coefficient (Wildman–Crippen LogP) is 3.19. The zero-order chi connectivity index (χ0) is 17.9. The van der Waals surface area contributed by atoms with Gasteiger partial charge in [0.1, 0.15) is 0 Å². The lowest BCUT2D eigenvalue weighted by atomic mass is 10.2. The van der Waals surface area contributed by atoms with Gasteiger partial charge >= 0.3 is 0 Å². The Labute approximate surface area is 151 Å². The van der Waals surface area contributed by atoms with Gasteiger partial charge in [-0.1, -0.05) is 0 Å². The monoisotopic (exact) mass is 340 g/mol. The maximum Gasteiger partial charge on any atom is 0.0659 e. The van der Waals surface area contributed by atoms with Gasteiger partial charge in [-0.3, -0.25) is 0 Å². The Hall–Kier alpha value is -3.44. The van der Waals surface area contributed by atoms with Crippen molar-refractivity contribution in [3.05, 3.63) is 95.7 Å². The first-order valence-corrected chi connectivity index (χ1v) is 8.19. The Morgan fingerprint density at radius 3 is 0.885 bits per heavy atom. The van der Waals surface area contributed by atoms with Gasteiger partial charge in [-0.2, -0.15) is 0 Å². The predicted molar refractivity (Wildman–Crippen MR) is 107 cm³/mol. The molecule has 5 aliphatic heterocycles. The zero-order valence-electron chi connectivity index (χ0n) is 14.2. The van der Waals surface area contributed by atoms with Gasteiger partial charge in [0, 0.05) is 7.11 Å². The van der Waals surface area contributed by atoms with Crippen LogP contribution in [0.25, 0.3) is 0 Å². The normalized spacial score (nSPS) is 21.2. The summed E-state index contributed by atoms with van der Waals surface area (Å²) >= 11 is 0. The molecule has 0 aliphatic carbocycles. The van der Waals surface area contributed by atoms with E-state index in [4.69, 9.17) is 5.11 Å². The van der Waals surface area contributed by atoms with E-state index in [1.54, 1.807) is 0 Å². The van der Waals surface area contributed by atoms with Gasteiger partial charge in [0.05, 0.1) is 45.6 Å². The molecule has 0 fully saturated rings. The second-order valence-electron chi connectivity index (χ2n) is 5.76. The third-order valence-corrected chi connectivity index (χ3v) is 3.92. The molecule has 5 heterocycles. The number of allylic oxidation sites excluding steroid dienone is 12. The Balaban J connectivity index is 0.000000814. The first-order valence-electron chi connectivity index (χ1n) is 8.19. The molecule has 0 atom stereocenters. The molecule has 0 spiro atoms. The molecule has 0 aromatic carbocycles. The summed E-state index contributed by atoms with van der Waals surface area (Å²) < 4.78 is 0. The van der Waals surface area contributed by atoms with Crippen molar-refractivity contribution >= 4 is 22.8 Å². The van der Waals surface area contributed by atoms with Crippen molar-refractivity contribution in [3.8, 4) is 0 Å². The molecule has 5 nitrogen and oxygen atoms in total. The first-order chi connectivity index (χ1) is 12.8. The van der Waals surface area contributed by atoms with E-state index in [1.807, 2.05) is 72.9 Å². The highest BCUT2D eigenvalue weighted by Gasteiger charge is 2.11. The number of rotatable bonds is 0. The summed E-state index contributed by atoms with van der Waals surface area (Å²) in [6.07, 6.45) is 23.8. The average molecular weight is 340 g/mol. The minimum atomic E-state index is 0.894. The molecular weight excluding hydrogens is 324 g/mol. The number of aliphatic hydroxyl groups is 1. The fraction of sp³-hybridized carbons (Fsp3) is 0.0476. The van der Waals surface area contributed by atoms with Crippen LogP contribution in [0.5, 0.6) is 0 Å². The molecule has 5 aliphatic rings. The summed E-state index contributed by atoms with van der Waals surface area (Å²) in [6.45, 7) is 0. The van der Waals surface area contributed by atoms with Gasteiger partial charge < -0.3 is 5.11 Å². The molecule has 0 amide bonds. The fourth-order valence-electron chi connectivity index (χ4n) is 2.83. The van der Waals surface area contributed by atoms with E-state index >= 15 is 0 Å². The van der Waals surface area contributed by atoms with E-state index in [0.717, 1.165) is 52.7 Å². The second kappa shape index (κ2) is 6.82. The molecule has 0 aromatic rings. The standard InChI is InChI=1S/C20H12N4.CH4O/c1-2-14-10-16-5-6-18(23-16)12-20-8-7-19(24-20)11-17-4-3-15(22-17)9-13(1)21-14;1-2/h1-12H;2H,1H3. The average Bonchev–Trinajstić information content (AvgIpc) is 3.42. The van der Waals surface area contributed by atoms with Gasteiger partial charge in [-0.25, -0.2) is 20.0 Å². The molecule has 26 heavy (non-hydrogen) atoms. The maximum absolute atomic E-state index is 7.00. The number of hydrogen-bond donors (Lipinski definition) is 1. The van der Waals surface area contributed by atoms with E-state index < -0.39 is 0 Å². The number of nitrogens with zero attached hydrogens (tertiary/aromatic N) is 4. The topological polar surface area (TPSA) is 69.7 Å². The first kappa shape index (κ1) is 16.1. The van der Waals surface area contributed by atoms with E-state index in [0.29, 0.717) is 0 Å². The van der Waals surface area contributed by atoms with Gasteiger partial charge in [0.25, 0.3) is 0 Å². The van der Waals surface area contributed by atoms with Crippen LogP contribution in [0.4, 0.5) is 0 Å². The highest BCUT2D eigenvalue weighted by atomic mass is 16.2. The largest absolute Gasteiger partial charge is 0.400 e. The molecule has 0 unspecified atom stereocenters. The highest BCUT2D eigenvalue weighted by Crippen LogP contribution is 2.20. The third kappa shape index (κ3) is 3.34. The van der Waals surface area contributed by atoms with Crippen LogP contribution in [0, 0.1) is 0 Å². The Morgan fingerprint density at radius 2 is 0.654 bits per heavy atom. The summed E-state index contributed by atoms with van der Waals surface area (Å²) in [5.41, 5.74) is 7.15. The third-order valence-electron chi connectivity index (χ3n) is 3.92. The van der Waals surface area contributed by atoms with E-state index in [2.05, 4.69) is 20.0 Å². The Morgan fingerprint density at radius 1 is 0.423 bits per heavy atom. The maximum atomic E-state index is 7.00. The van der Waals surface area contributed by atoms with Gasteiger partial charge in [-0.15, -0.1) is 0 Å². The van der Waals surface area contributed by atoms with E-state index in [9.17, 15) is 0 Å². The number of hydrogen-bond acceptors (Lipinski definition) is 5. The smallest absolute Gasteiger partial charge is 0.0659 e. The molecule has 1 N–H and O–H groups in total. The Bertz CT molecular complexity index is 848. The van der Waals surface area contributed by atoms with Crippen molar-refractivity contribution in [1.82, 2.24) is 0 Å². The second-order valence-corrected chi connectivity index (χ2v) is 5.76. The van der Waals surface area contributed by atoms with Crippen molar-refractivity contribution in [2.45, 2.75) is 0 Å². The molecule has 0 saturated carbocycles. The minimum Gasteiger partial charge on any atom is -0.400 e. The van der Waals surface area contributed by atoms with Crippen molar-refractivity contribution < 1.29 is 5.11 Å². The Kier molecular flexibility index (Phi) is 4.21. The van der Waals surface area contributed by atoms with Gasteiger partial charge in [0.2, 0.25) is 0 Å². The van der Waals surface area contributed by atoms with E-state index in [1.165, 1.54) is 0 Å². The molecule has 5 heteroatoms. The number of fused-ring (bicyclic) bond motifs is 4. The summed E-state index contributed by atoms with van der Waals surface area (Å²) in [5, 5.41) is 7.00. The lowest BCUT2D eigenvalue weighted by Gasteiger charge is -1.94. The summed E-state index contributed by atoms with van der Waals surface area (Å²) in [4.78, 5) is 18.4. The van der Waals surface area contributed by atoms with Crippen LogP contribution >= 0.6 is 0 Å². The molecule has 0 saturated heterocycles. The minimum absolute atomic E-state index is 0.894. The quantitative estimate of drug-likeness (QED) is 0.723. The molecule has 0 radical (unpaired) electrons. The van der Waals surface area contributed by atoms with Crippen LogP contribution in [0.3, 0.4) is 0 Å². The van der Waals surface area contributed by atoms with Crippen LogP contribution < -0.4 is 0 Å². The zero-order valence-corrected chi connectivity index (χ0v) is 14.2. The lowest BCUT2D eigenvalue weighted by molar-refractivity contribution is 0.399. The van der Waals surface area contributed by atoms with Crippen LogP contribution in [-0.4, -0.2) is 35.1 Å². The summed E-state index contributed by atoms with van der Waals surface area (Å²) in [6, 6.07) is 0. The summed E-state index contributed by atoms with van der Waals surface area (Å²) in [5.74, 6) is 0. The van der Waals surface area contributed by atoms with Crippen LogP contribution in [-0.2, 0) is 0 Å². The van der Waals surface area contributed by atoms with Gasteiger partial charge in [-0.05, 0) is 72.9 Å². The molecule has 8 bridgehead atoms. The molecule has 0 aromatic heterocycles. The van der Waals surface area contributed by atoms with E-state index in [-0.39, 0.29) is 0 Å². The molecular formula is C21H16N4O. The summed E-state index contributed by atoms with van der Waals surface area (Å²) in [7, 11) is 1.00. The fourth-order valence-corrected chi connectivity index (χ4v) is 2.83. The highest BCUT2D eigenvalue weighted by molar-refractivity contribution is 6.14. The number of aliphatic imine (C=N–C) groups is 4. The molecule has 126 valence electrons. The number of aliphatic hydroxyl groups excluding tert-OH is 1. The van der Waals surface area contributed by atoms with Crippen LogP contribution in [0.1, 0.15) is 0 Å². The van der Waals surface area contributed by atoms with Crippen molar-refractivity contribution in [3.63, 3.8) is 0 Å². The molecule has 5 rings (SSSR count). The van der Waals surface area contributed by atoms with Gasteiger partial charge in [0.15, 0.2) is 0 Å². The van der Waals surface area contributed by atoms with Crippen molar-refractivity contribution in [1.29, 1.82) is 0 Å². The van der Waals surface area contributed by atoms with Crippen molar-refractivity contribution in [2.24, 2.45) is 20.0 Å². The van der Waals surface area contributed by atoms with Crippen molar-refractivity contribution in [2.75, 3.05) is 7.11 Å². The lowest BCUT2D eigenvalue weighted by Crippen LogP contribution is -1.89. The van der Waals surface area contributed by atoms with Crippen LogP contribution in [0.2, 0.25) is 0 Å². The van der Waals surface area contributed by atoms with Crippen LogP contribution in [0.15, 0.2) is 116 Å². The SMILES string of the molecule is C1=CC2=NC1=CC1=NC(=CC3=NC(=CC4=NC(=C2)C=C4)C=C3)C=C1.CO.